The molecule has 1 rings (SSSR count). The molecule has 0 aromatic heterocycles. The van der Waals surface area contributed by atoms with Gasteiger partial charge in [0, 0.05) is 32.7 Å². The molecule has 0 aliphatic rings. The van der Waals surface area contributed by atoms with Gasteiger partial charge in [-0.2, -0.15) is 0 Å². The summed E-state index contributed by atoms with van der Waals surface area (Å²) in [6.07, 6.45) is -0.00251. The SMILES string of the molecule is COC(=O)CC(C)S(=O)Cc1cc(Cl)ccc1[N+](=O)[O-]. The third-order valence-corrected chi connectivity index (χ3v) is 4.56. The van der Waals surface area contributed by atoms with Crippen LogP contribution in [0.3, 0.4) is 0 Å². The Morgan fingerprint density at radius 2 is 2.20 bits per heavy atom. The second-order valence-electron chi connectivity index (χ2n) is 4.15. The van der Waals surface area contributed by atoms with Gasteiger partial charge >= 0.3 is 5.97 Å². The quantitative estimate of drug-likeness (QED) is 0.456. The maximum atomic E-state index is 12.1. The van der Waals surface area contributed by atoms with Crippen molar-refractivity contribution in [3.8, 4) is 0 Å². The summed E-state index contributed by atoms with van der Waals surface area (Å²) in [6.45, 7) is 1.63. The molecule has 0 bridgehead atoms. The monoisotopic (exact) mass is 319 g/mol. The first kappa shape index (κ1) is 16.6. The van der Waals surface area contributed by atoms with E-state index in [9.17, 15) is 19.1 Å². The number of nitro groups is 1. The summed E-state index contributed by atoms with van der Waals surface area (Å²) in [5, 5.41) is 10.8. The molecule has 0 N–H and O–H groups in total. The number of carbonyl (C=O) groups excluding carboxylic acids is 1. The fraction of sp³-hybridized carbons (Fsp3) is 0.417. The van der Waals surface area contributed by atoms with E-state index in [0.29, 0.717) is 5.02 Å². The minimum absolute atomic E-state index is 0.00251. The zero-order valence-electron chi connectivity index (χ0n) is 11.0. The number of methoxy groups -OCH3 is 1. The average Bonchev–Trinajstić information content (AvgIpc) is 2.38. The first-order chi connectivity index (χ1) is 9.35. The van der Waals surface area contributed by atoms with Crippen LogP contribution in [0.25, 0.3) is 0 Å². The molecule has 1 aromatic carbocycles. The van der Waals surface area contributed by atoms with Crippen molar-refractivity contribution in [3.05, 3.63) is 38.9 Å². The summed E-state index contributed by atoms with van der Waals surface area (Å²) >= 11 is 5.80. The van der Waals surface area contributed by atoms with Crippen LogP contribution < -0.4 is 0 Å². The van der Waals surface area contributed by atoms with Gasteiger partial charge in [-0.25, -0.2) is 0 Å². The molecule has 6 nitrogen and oxygen atoms in total. The van der Waals surface area contributed by atoms with E-state index in [1.807, 2.05) is 0 Å². The summed E-state index contributed by atoms with van der Waals surface area (Å²) in [5.74, 6) is -0.499. The van der Waals surface area contributed by atoms with Gasteiger partial charge in [-0.15, -0.1) is 0 Å². The fourth-order valence-corrected chi connectivity index (χ4v) is 2.89. The lowest BCUT2D eigenvalue weighted by molar-refractivity contribution is -0.385. The van der Waals surface area contributed by atoms with E-state index in [1.165, 1.54) is 25.3 Å². The van der Waals surface area contributed by atoms with E-state index in [2.05, 4.69) is 4.74 Å². The van der Waals surface area contributed by atoms with Gasteiger partial charge in [0.2, 0.25) is 0 Å². The highest BCUT2D eigenvalue weighted by Crippen LogP contribution is 2.25. The topological polar surface area (TPSA) is 86.5 Å². The van der Waals surface area contributed by atoms with Crippen molar-refractivity contribution < 1.29 is 18.7 Å². The van der Waals surface area contributed by atoms with Crippen LogP contribution in [0.2, 0.25) is 5.02 Å². The highest BCUT2D eigenvalue weighted by Gasteiger charge is 2.21. The van der Waals surface area contributed by atoms with Crippen LogP contribution in [0.15, 0.2) is 18.2 Å². The zero-order valence-corrected chi connectivity index (χ0v) is 12.6. The zero-order chi connectivity index (χ0) is 15.3. The van der Waals surface area contributed by atoms with Crippen LogP contribution in [0.1, 0.15) is 18.9 Å². The Balaban J connectivity index is 2.87. The Morgan fingerprint density at radius 3 is 2.75 bits per heavy atom. The molecule has 20 heavy (non-hydrogen) atoms. The number of esters is 1. The number of hydrogen-bond donors (Lipinski definition) is 0. The predicted molar refractivity (Wildman–Crippen MR) is 76.0 cm³/mol. The third-order valence-electron chi connectivity index (χ3n) is 2.67. The Bertz CT molecular complexity index is 549. The Hall–Kier alpha value is -1.47. The molecule has 0 amide bonds. The Labute approximate surface area is 123 Å². The molecule has 0 saturated carbocycles. The average molecular weight is 320 g/mol. The molecule has 2 unspecified atom stereocenters. The summed E-state index contributed by atoms with van der Waals surface area (Å²) in [4.78, 5) is 21.5. The van der Waals surface area contributed by atoms with E-state index in [0.717, 1.165) is 0 Å². The molecule has 0 aliphatic carbocycles. The molecule has 2 atom stereocenters. The molecule has 1 aromatic rings. The van der Waals surface area contributed by atoms with Crippen molar-refractivity contribution in [1.82, 2.24) is 0 Å². The number of halogens is 1. The number of nitro benzene ring substituents is 1. The molecule has 110 valence electrons. The number of nitrogens with zero attached hydrogens (tertiary/aromatic N) is 1. The maximum Gasteiger partial charge on any atom is 0.306 e. The van der Waals surface area contributed by atoms with E-state index in [1.54, 1.807) is 6.92 Å². The summed E-state index contributed by atoms with van der Waals surface area (Å²) < 4.78 is 16.6. The van der Waals surface area contributed by atoms with Gasteiger partial charge < -0.3 is 4.74 Å². The van der Waals surface area contributed by atoms with Crippen molar-refractivity contribution in [2.45, 2.75) is 24.3 Å². The highest BCUT2D eigenvalue weighted by molar-refractivity contribution is 7.84. The lowest BCUT2D eigenvalue weighted by Crippen LogP contribution is -2.18. The number of hydrogen-bond acceptors (Lipinski definition) is 5. The third kappa shape index (κ3) is 4.57. The summed E-state index contributed by atoms with van der Waals surface area (Å²) in [6, 6.07) is 4.10. The predicted octanol–water partition coefficient (Wildman–Crippen LogP) is 2.45. The number of rotatable bonds is 6. The van der Waals surface area contributed by atoms with Gasteiger partial charge in [-0.3, -0.25) is 19.1 Å². The van der Waals surface area contributed by atoms with Crippen LogP contribution in [0.5, 0.6) is 0 Å². The van der Waals surface area contributed by atoms with E-state index < -0.39 is 26.9 Å². The lowest BCUT2D eigenvalue weighted by atomic mass is 10.2. The molecular formula is C12H14ClNO5S. The molecule has 8 heteroatoms. The smallest absolute Gasteiger partial charge is 0.306 e. The van der Waals surface area contributed by atoms with E-state index >= 15 is 0 Å². The first-order valence-corrected chi connectivity index (χ1v) is 7.48. The van der Waals surface area contributed by atoms with Gasteiger partial charge in [-0.1, -0.05) is 18.5 Å². The van der Waals surface area contributed by atoms with Crippen LogP contribution in [-0.2, 0) is 26.1 Å². The molecule has 0 aliphatic heterocycles. The second-order valence-corrected chi connectivity index (χ2v) is 6.44. The summed E-state index contributed by atoms with van der Waals surface area (Å²) in [7, 11) is -0.187. The minimum Gasteiger partial charge on any atom is -0.469 e. The molecular weight excluding hydrogens is 306 g/mol. The van der Waals surface area contributed by atoms with E-state index in [-0.39, 0.29) is 23.4 Å². The lowest BCUT2D eigenvalue weighted by Gasteiger charge is -2.10. The largest absolute Gasteiger partial charge is 0.469 e. The van der Waals surface area contributed by atoms with Crippen molar-refractivity contribution in [2.24, 2.45) is 0 Å². The van der Waals surface area contributed by atoms with Gasteiger partial charge in [0.15, 0.2) is 0 Å². The maximum absolute atomic E-state index is 12.1. The van der Waals surface area contributed by atoms with Crippen LogP contribution in [-0.4, -0.2) is 27.5 Å². The first-order valence-electron chi connectivity index (χ1n) is 5.72. The van der Waals surface area contributed by atoms with Crippen LogP contribution in [0, 0.1) is 10.1 Å². The van der Waals surface area contributed by atoms with Crippen LogP contribution in [0.4, 0.5) is 5.69 Å². The molecule has 0 spiro atoms. The molecule has 0 radical (unpaired) electrons. The second kappa shape index (κ2) is 7.35. The number of ether oxygens (including phenoxy) is 1. The molecule has 0 saturated heterocycles. The Morgan fingerprint density at radius 1 is 1.55 bits per heavy atom. The van der Waals surface area contributed by atoms with Crippen LogP contribution >= 0.6 is 11.6 Å². The van der Waals surface area contributed by atoms with Crippen molar-refractivity contribution >= 4 is 34.1 Å². The van der Waals surface area contributed by atoms with Gasteiger partial charge in [0.05, 0.1) is 24.2 Å². The normalized spacial score (nSPS) is 13.6. The van der Waals surface area contributed by atoms with Crippen molar-refractivity contribution in [1.29, 1.82) is 0 Å². The number of carbonyl (C=O) groups is 1. The molecule has 0 heterocycles. The molecule has 0 fully saturated rings. The minimum atomic E-state index is -1.44. The van der Waals surface area contributed by atoms with Crippen molar-refractivity contribution in [3.63, 3.8) is 0 Å². The van der Waals surface area contributed by atoms with Gasteiger partial charge in [-0.05, 0) is 12.1 Å². The highest BCUT2D eigenvalue weighted by atomic mass is 35.5. The van der Waals surface area contributed by atoms with Gasteiger partial charge in [0.25, 0.3) is 5.69 Å². The number of benzene rings is 1. The van der Waals surface area contributed by atoms with Crippen molar-refractivity contribution in [2.75, 3.05) is 7.11 Å². The summed E-state index contributed by atoms with van der Waals surface area (Å²) in [5.41, 5.74) is 0.158. The van der Waals surface area contributed by atoms with E-state index in [4.69, 9.17) is 11.6 Å². The fourth-order valence-electron chi connectivity index (χ4n) is 1.55. The Kier molecular flexibility index (Phi) is 6.09. The van der Waals surface area contributed by atoms with Gasteiger partial charge in [0.1, 0.15) is 0 Å². The standard InChI is InChI=1S/C12H14ClNO5S/c1-8(5-12(15)19-2)20(18)7-9-6-10(13)3-4-11(9)14(16)17/h3-4,6,8H,5,7H2,1-2H3.